The van der Waals surface area contributed by atoms with Gasteiger partial charge in [0.15, 0.2) is 0 Å². The molecule has 0 spiro atoms. The summed E-state index contributed by atoms with van der Waals surface area (Å²) in [4.78, 5) is 16.4. The first-order chi connectivity index (χ1) is 10.2. The Hall–Kier alpha value is -1.72. The molecule has 21 heavy (non-hydrogen) atoms. The van der Waals surface area contributed by atoms with Crippen LogP contribution in [-0.4, -0.2) is 17.0 Å². The number of benzene rings is 1. The van der Waals surface area contributed by atoms with Gasteiger partial charge in [-0.25, -0.2) is 4.98 Å². The van der Waals surface area contributed by atoms with Gasteiger partial charge in [0.1, 0.15) is 6.10 Å². The van der Waals surface area contributed by atoms with Crippen molar-refractivity contribution >= 4 is 17.2 Å². The minimum absolute atomic E-state index is 0.114. The van der Waals surface area contributed by atoms with Gasteiger partial charge < -0.3 is 10.1 Å². The van der Waals surface area contributed by atoms with E-state index in [2.05, 4.69) is 17.2 Å². The lowest BCUT2D eigenvalue weighted by atomic mass is 10.2. The zero-order chi connectivity index (χ0) is 15.1. The van der Waals surface area contributed by atoms with E-state index >= 15 is 0 Å². The number of hydrogen-bond donors (Lipinski definition) is 1. The van der Waals surface area contributed by atoms with E-state index in [-0.39, 0.29) is 5.91 Å². The smallest absolute Gasteiger partial charge is 0.249 e. The van der Waals surface area contributed by atoms with E-state index in [1.165, 1.54) is 0 Å². The number of thiazole rings is 1. The first-order valence-corrected chi connectivity index (χ1v) is 7.93. The van der Waals surface area contributed by atoms with Crippen LogP contribution in [-0.2, 0) is 29.1 Å². The lowest BCUT2D eigenvalue weighted by Crippen LogP contribution is -2.34. The highest BCUT2D eigenvalue weighted by Gasteiger charge is 2.13. The van der Waals surface area contributed by atoms with Gasteiger partial charge in [-0.3, -0.25) is 4.79 Å². The predicted octanol–water partition coefficient (Wildman–Crippen LogP) is 2.93. The molecule has 2 rings (SSSR count). The molecular formula is C16H20N2O2S. The monoisotopic (exact) mass is 304 g/mol. The summed E-state index contributed by atoms with van der Waals surface area (Å²) in [5, 5.41) is 5.92. The van der Waals surface area contributed by atoms with Gasteiger partial charge >= 0.3 is 0 Å². The fourth-order valence-electron chi connectivity index (χ4n) is 1.79. The molecular weight excluding hydrogens is 284 g/mol. The van der Waals surface area contributed by atoms with Crippen molar-refractivity contribution < 1.29 is 9.53 Å². The van der Waals surface area contributed by atoms with E-state index in [1.54, 1.807) is 18.3 Å². The van der Waals surface area contributed by atoms with Crippen LogP contribution >= 0.6 is 11.3 Å². The van der Waals surface area contributed by atoms with Crippen LogP contribution in [0.15, 0.2) is 35.7 Å². The first kappa shape index (κ1) is 15.7. The normalized spacial score (nSPS) is 12.1. The molecule has 0 bridgehead atoms. The van der Waals surface area contributed by atoms with Gasteiger partial charge in [0.25, 0.3) is 0 Å². The summed E-state index contributed by atoms with van der Waals surface area (Å²) in [6.45, 7) is 4.72. The zero-order valence-electron chi connectivity index (χ0n) is 12.3. The number of nitrogens with one attached hydrogen (secondary N) is 1. The van der Waals surface area contributed by atoms with Gasteiger partial charge in [0.05, 0.1) is 23.9 Å². The predicted molar refractivity (Wildman–Crippen MR) is 84.0 cm³/mol. The molecule has 0 fully saturated rings. The Labute approximate surface area is 129 Å². The van der Waals surface area contributed by atoms with Crippen molar-refractivity contribution in [2.45, 2.75) is 39.5 Å². The molecule has 1 atom stereocenters. The molecule has 1 heterocycles. The number of carbonyl (C=O) groups excluding carboxylic acids is 1. The van der Waals surface area contributed by atoms with Crippen molar-refractivity contribution in [1.82, 2.24) is 10.3 Å². The summed E-state index contributed by atoms with van der Waals surface area (Å²) in [7, 11) is 0. The molecule has 0 saturated carbocycles. The third kappa shape index (κ3) is 4.95. The Morgan fingerprint density at radius 3 is 2.81 bits per heavy atom. The molecule has 1 aromatic carbocycles. The lowest BCUT2D eigenvalue weighted by molar-refractivity contribution is -0.132. The minimum atomic E-state index is -0.477. The van der Waals surface area contributed by atoms with Gasteiger partial charge in [-0.1, -0.05) is 37.3 Å². The number of amides is 1. The van der Waals surface area contributed by atoms with Gasteiger partial charge in [-0.05, 0) is 18.9 Å². The fourth-order valence-corrected chi connectivity index (χ4v) is 2.53. The maximum Gasteiger partial charge on any atom is 0.249 e. The van der Waals surface area contributed by atoms with Crippen molar-refractivity contribution in [3.8, 4) is 0 Å². The summed E-state index contributed by atoms with van der Waals surface area (Å²) in [5.74, 6) is -0.114. The molecule has 1 amide bonds. The molecule has 1 N–H and O–H groups in total. The number of ether oxygens (including phenoxy) is 1. The molecule has 1 unspecified atom stereocenters. The standard InChI is InChI=1S/C16H20N2O2S/c1-3-15-18-14(11-21-15)9-17-16(19)12(2)20-10-13-7-5-4-6-8-13/h4-8,11-12H,3,9-10H2,1-2H3,(H,17,19). The van der Waals surface area contributed by atoms with Gasteiger partial charge in [0, 0.05) is 5.38 Å². The Morgan fingerprint density at radius 2 is 2.14 bits per heavy atom. The van der Waals surface area contributed by atoms with E-state index in [4.69, 9.17) is 4.74 Å². The second kappa shape index (κ2) is 7.90. The second-order valence-electron chi connectivity index (χ2n) is 4.74. The average Bonchev–Trinajstić information content (AvgIpc) is 2.99. The van der Waals surface area contributed by atoms with Crippen LogP contribution < -0.4 is 5.32 Å². The number of aryl methyl sites for hydroxylation is 1. The summed E-state index contributed by atoms with van der Waals surface area (Å²) in [6, 6.07) is 9.82. The summed E-state index contributed by atoms with van der Waals surface area (Å²) in [6.07, 6.45) is 0.448. The van der Waals surface area contributed by atoms with Crippen molar-refractivity contribution in [2.24, 2.45) is 0 Å². The van der Waals surface area contributed by atoms with Crippen LogP contribution in [0.2, 0.25) is 0 Å². The Balaban J connectivity index is 1.74. The van der Waals surface area contributed by atoms with Gasteiger partial charge in [-0.15, -0.1) is 11.3 Å². The molecule has 0 aliphatic heterocycles. The number of hydrogen-bond acceptors (Lipinski definition) is 4. The first-order valence-electron chi connectivity index (χ1n) is 7.05. The van der Waals surface area contributed by atoms with Crippen molar-refractivity contribution in [3.05, 3.63) is 52.0 Å². The SMILES string of the molecule is CCc1nc(CNC(=O)C(C)OCc2ccccc2)cs1. The number of aromatic nitrogens is 1. The molecule has 0 saturated heterocycles. The lowest BCUT2D eigenvalue weighted by Gasteiger charge is -2.12. The Bertz CT molecular complexity index is 569. The maximum absolute atomic E-state index is 12.0. The van der Waals surface area contributed by atoms with Crippen LogP contribution in [0.3, 0.4) is 0 Å². The van der Waals surface area contributed by atoms with E-state index in [1.807, 2.05) is 35.7 Å². The topological polar surface area (TPSA) is 51.2 Å². The Kier molecular flexibility index (Phi) is 5.90. The van der Waals surface area contributed by atoms with Crippen molar-refractivity contribution in [3.63, 3.8) is 0 Å². The highest BCUT2D eigenvalue weighted by atomic mass is 32.1. The number of carbonyl (C=O) groups is 1. The minimum Gasteiger partial charge on any atom is -0.364 e. The van der Waals surface area contributed by atoms with Gasteiger partial charge in [0.2, 0.25) is 5.91 Å². The van der Waals surface area contributed by atoms with E-state index in [0.29, 0.717) is 13.2 Å². The summed E-state index contributed by atoms with van der Waals surface area (Å²) >= 11 is 1.62. The molecule has 0 aliphatic carbocycles. The third-order valence-corrected chi connectivity index (χ3v) is 4.10. The van der Waals surface area contributed by atoms with E-state index in [0.717, 1.165) is 22.7 Å². The zero-order valence-corrected chi connectivity index (χ0v) is 13.2. The molecule has 0 aliphatic rings. The molecule has 0 radical (unpaired) electrons. The highest BCUT2D eigenvalue weighted by molar-refractivity contribution is 7.09. The number of rotatable bonds is 7. The molecule has 5 heteroatoms. The summed E-state index contributed by atoms with van der Waals surface area (Å²) < 4.78 is 5.57. The average molecular weight is 304 g/mol. The van der Waals surface area contributed by atoms with Crippen LogP contribution in [0.5, 0.6) is 0 Å². The Morgan fingerprint density at radius 1 is 1.38 bits per heavy atom. The van der Waals surface area contributed by atoms with Crippen molar-refractivity contribution in [2.75, 3.05) is 0 Å². The highest BCUT2D eigenvalue weighted by Crippen LogP contribution is 2.10. The van der Waals surface area contributed by atoms with Gasteiger partial charge in [-0.2, -0.15) is 0 Å². The molecule has 1 aromatic heterocycles. The number of nitrogens with zero attached hydrogens (tertiary/aromatic N) is 1. The second-order valence-corrected chi connectivity index (χ2v) is 5.69. The van der Waals surface area contributed by atoms with Crippen LogP contribution in [0.4, 0.5) is 0 Å². The van der Waals surface area contributed by atoms with Crippen molar-refractivity contribution in [1.29, 1.82) is 0 Å². The largest absolute Gasteiger partial charge is 0.364 e. The quantitative estimate of drug-likeness (QED) is 0.855. The fraction of sp³-hybridized carbons (Fsp3) is 0.375. The van der Waals surface area contributed by atoms with E-state index < -0.39 is 6.10 Å². The molecule has 4 nitrogen and oxygen atoms in total. The summed E-state index contributed by atoms with van der Waals surface area (Å²) in [5.41, 5.74) is 1.96. The van der Waals surface area contributed by atoms with Crippen LogP contribution in [0.25, 0.3) is 0 Å². The van der Waals surface area contributed by atoms with Crippen LogP contribution in [0.1, 0.15) is 30.1 Å². The third-order valence-electron chi connectivity index (χ3n) is 3.06. The van der Waals surface area contributed by atoms with E-state index in [9.17, 15) is 4.79 Å². The van der Waals surface area contributed by atoms with Crippen LogP contribution in [0, 0.1) is 0 Å². The molecule has 112 valence electrons. The molecule has 2 aromatic rings. The maximum atomic E-state index is 12.0.